The molecule has 0 fully saturated rings. The first kappa shape index (κ1) is 17.2. The molecule has 0 unspecified atom stereocenters. The molecule has 25 heavy (non-hydrogen) atoms. The van der Waals surface area contributed by atoms with Crippen molar-refractivity contribution in [1.82, 2.24) is 10.2 Å². The minimum Gasteiger partial charge on any atom is -0.495 e. The molecule has 0 saturated carbocycles. The molecule has 0 radical (unpaired) electrons. The lowest BCUT2D eigenvalue weighted by Crippen LogP contribution is -2.12. The Bertz CT molecular complexity index is 882. The van der Waals surface area contributed by atoms with E-state index in [-0.39, 0.29) is 5.91 Å². The van der Waals surface area contributed by atoms with E-state index in [0.717, 1.165) is 11.3 Å². The summed E-state index contributed by atoms with van der Waals surface area (Å²) in [4.78, 5) is 12.6. The summed E-state index contributed by atoms with van der Waals surface area (Å²) in [5, 5.41) is 16.4. The van der Waals surface area contributed by atoms with Crippen LogP contribution in [0.15, 0.2) is 41.8 Å². The first-order valence-electron chi connectivity index (χ1n) is 7.36. The second kappa shape index (κ2) is 7.50. The highest BCUT2D eigenvalue weighted by molar-refractivity contribution is 7.12. The topological polar surface area (TPSA) is 76.1 Å². The SMILES string of the molecule is COc1cc(Cl)c(C)cc1Nc1ccc(NC(=O)c2cccs2)nn1. The van der Waals surface area contributed by atoms with Crippen molar-refractivity contribution < 1.29 is 9.53 Å². The Balaban J connectivity index is 1.73. The quantitative estimate of drug-likeness (QED) is 0.687. The molecule has 0 aliphatic carbocycles. The number of hydrogen-bond donors (Lipinski definition) is 2. The molecule has 6 nitrogen and oxygen atoms in total. The van der Waals surface area contributed by atoms with Crippen molar-refractivity contribution in [3.8, 4) is 5.75 Å². The van der Waals surface area contributed by atoms with Crippen LogP contribution in [0.4, 0.5) is 17.3 Å². The zero-order chi connectivity index (χ0) is 17.8. The molecule has 0 saturated heterocycles. The van der Waals surface area contributed by atoms with Crippen LogP contribution in [0.1, 0.15) is 15.2 Å². The maximum absolute atomic E-state index is 12.0. The second-order valence-corrected chi connectivity index (χ2v) is 6.52. The molecule has 2 aromatic heterocycles. The first-order valence-corrected chi connectivity index (χ1v) is 8.62. The van der Waals surface area contributed by atoms with Crippen LogP contribution in [0.3, 0.4) is 0 Å². The highest BCUT2D eigenvalue weighted by atomic mass is 35.5. The Morgan fingerprint density at radius 2 is 1.96 bits per heavy atom. The van der Waals surface area contributed by atoms with Crippen LogP contribution in [0, 0.1) is 6.92 Å². The Morgan fingerprint density at radius 1 is 1.20 bits per heavy atom. The van der Waals surface area contributed by atoms with Crippen molar-refractivity contribution in [2.24, 2.45) is 0 Å². The molecule has 0 aliphatic heterocycles. The van der Waals surface area contributed by atoms with Gasteiger partial charge in [-0.15, -0.1) is 21.5 Å². The summed E-state index contributed by atoms with van der Waals surface area (Å²) >= 11 is 7.47. The molecular formula is C17H15ClN4O2S. The van der Waals surface area contributed by atoms with Crippen molar-refractivity contribution in [1.29, 1.82) is 0 Å². The van der Waals surface area contributed by atoms with Gasteiger partial charge in [-0.25, -0.2) is 0 Å². The molecule has 3 rings (SSSR count). The van der Waals surface area contributed by atoms with Crippen LogP contribution < -0.4 is 15.4 Å². The number of anilines is 3. The standard InChI is InChI=1S/C17H15ClN4O2S/c1-10-8-12(13(24-2)9-11(10)18)19-15-5-6-16(22-21-15)20-17(23)14-4-3-7-25-14/h3-9H,1-2H3,(H,19,21)(H,20,22,23). The van der Waals surface area contributed by atoms with Crippen molar-refractivity contribution in [3.05, 3.63) is 57.2 Å². The molecule has 0 bridgehead atoms. The average molecular weight is 375 g/mol. The third-order valence-electron chi connectivity index (χ3n) is 3.39. The lowest BCUT2D eigenvalue weighted by atomic mass is 10.2. The molecule has 1 amide bonds. The van der Waals surface area contributed by atoms with Gasteiger partial charge in [0.05, 0.1) is 17.7 Å². The third-order valence-corrected chi connectivity index (χ3v) is 4.67. The summed E-state index contributed by atoms with van der Waals surface area (Å²) in [6, 6.07) is 10.6. The van der Waals surface area contributed by atoms with E-state index in [1.807, 2.05) is 24.4 Å². The van der Waals surface area contributed by atoms with Crippen molar-refractivity contribution in [2.75, 3.05) is 17.7 Å². The number of amides is 1. The summed E-state index contributed by atoms with van der Waals surface area (Å²) in [5.74, 6) is 1.30. The fourth-order valence-corrected chi connectivity index (χ4v) is 2.89. The lowest BCUT2D eigenvalue weighted by Gasteiger charge is -2.12. The number of nitrogens with one attached hydrogen (secondary N) is 2. The van der Waals surface area contributed by atoms with E-state index in [1.165, 1.54) is 11.3 Å². The fourth-order valence-electron chi connectivity index (χ4n) is 2.12. The number of aryl methyl sites for hydroxylation is 1. The molecule has 0 atom stereocenters. The van der Waals surface area contributed by atoms with Gasteiger partial charge >= 0.3 is 0 Å². The number of nitrogens with zero attached hydrogens (tertiary/aromatic N) is 2. The largest absolute Gasteiger partial charge is 0.495 e. The van der Waals surface area contributed by atoms with Gasteiger partial charge in [0.1, 0.15) is 5.75 Å². The van der Waals surface area contributed by atoms with E-state index < -0.39 is 0 Å². The number of ether oxygens (including phenoxy) is 1. The van der Waals surface area contributed by atoms with Gasteiger partial charge in [0.25, 0.3) is 5.91 Å². The maximum Gasteiger partial charge on any atom is 0.266 e. The van der Waals surface area contributed by atoms with Gasteiger partial charge in [0.15, 0.2) is 11.6 Å². The van der Waals surface area contributed by atoms with Gasteiger partial charge in [-0.05, 0) is 42.1 Å². The zero-order valence-corrected chi connectivity index (χ0v) is 15.1. The van der Waals surface area contributed by atoms with E-state index in [4.69, 9.17) is 16.3 Å². The van der Waals surface area contributed by atoms with Crippen LogP contribution >= 0.6 is 22.9 Å². The fraction of sp³-hybridized carbons (Fsp3) is 0.118. The first-order chi connectivity index (χ1) is 12.1. The molecule has 2 N–H and O–H groups in total. The summed E-state index contributed by atoms with van der Waals surface area (Å²) in [6.07, 6.45) is 0. The van der Waals surface area contributed by atoms with Crippen LogP contribution in [0.25, 0.3) is 0 Å². The highest BCUT2D eigenvalue weighted by Gasteiger charge is 2.10. The monoisotopic (exact) mass is 374 g/mol. The van der Waals surface area contributed by atoms with Crippen LogP contribution in [0.2, 0.25) is 5.02 Å². The van der Waals surface area contributed by atoms with Gasteiger partial charge in [-0.2, -0.15) is 0 Å². The number of rotatable bonds is 5. The van der Waals surface area contributed by atoms with Gasteiger partial charge in [0.2, 0.25) is 0 Å². The number of benzene rings is 1. The van der Waals surface area contributed by atoms with Gasteiger partial charge in [-0.3, -0.25) is 4.79 Å². The van der Waals surface area contributed by atoms with E-state index in [0.29, 0.717) is 27.3 Å². The summed E-state index contributed by atoms with van der Waals surface area (Å²) < 4.78 is 5.32. The minimum absolute atomic E-state index is 0.208. The predicted octanol–water partition coefficient (Wildman–Crippen LogP) is 4.50. The second-order valence-electron chi connectivity index (χ2n) is 5.16. The number of aromatic nitrogens is 2. The Morgan fingerprint density at radius 3 is 2.60 bits per heavy atom. The normalized spacial score (nSPS) is 10.4. The molecular weight excluding hydrogens is 360 g/mol. The molecule has 2 heterocycles. The lowest BCUT2D eigenvalue weighted by molar-refractivity contribution is 0.103. The van der Waals surface area contributed by atoms with Crippen molar-refractivity contribution >= 4 is 46.2 Å². The van der Waals surface area contributed by atoms with E-state index >= 15 is 0 Å². The number of thiophene rings is 1. The average Bonchev–Trinajstić information content (AvgIpc) is 3.14. The maximum atomic E-state index is 12.0. The van der Waals surface area contributed by atoms with Crippen LogP contribution in [-0.4, -0.2) is 23.2 Å². The van der Waals surface area contributed by atoms with E-state index in [1.54, 1.807) is 31.4 Å². The Kier molecular flexibility index (Phi) is 5.16. The molecule has 0 aliphatic rings. The summed E-state index contributed by atoms with van der Waals surface area (Å²) in [5.41, 5.74) is 1.65. The van der Waals surface area contributed by atoms with Crippen molar-refractivity contribution in [3.63, 3.8) is 0 Å². The summed E-state index contributed by atoms with van der Waals surface area (Å²) in [6.45, 7) is 1.90. The Labute approximate surface area is 153 Å². The van der Waals surface area contributed by atoms with Crippen LogP contribution in [0.5, 0.6) is 5.75 Å². The van der Waals surface area contributed by atoms with Gasteiger partial charge in [-0.1, -0.05) is 17.7 Å². The van der Waals surface area contributed by atoms with E-state index in [2.05, 4.69) is 20.8 Å². The third kappa shape index (κ3) is 4.07. The van der Waals surface area contributed by atoms with Crippen LogP contribution in [-0.2, 0) is 0 Å². The zero-order valence-electron chi connectivity index (χ0n) is 13.5. The van der Waals surface area contributed by atoms with Gasteiger partial charge in [0, 0.05) is 11.1 Å². The van der Waals surface area contributed by atoms with E-state index in [9.17, 15) is 4.79 Å². The number of methoxy groups -OCH3 is 1. The minimum atomic E-state index is -0.208. The molecule has 0 spiro atoms. The highest BCUT2D eigenvalue weighted by Crippen LogP contribution is 2.32. The summed E-state index contributed by atoms with van der Waals surface area (Å²) in [7, 11) is 1.57. The smallest absolute Gasteiger partial charge is 0.266 e. The number of halogens is 1. The van der Waals surface area contributed by atoms with Gasteiger partial charge < -0.3 is 15.4 Å². The molecule has 8 heteroatoms. The Hall–Kier alpha value is -2.64. The number of hydrogen-bond acceptors (Lipinski definition) is 6. The molecule has 3 aromatic rings. The molecule has 1 aromatic carbocycles. The predicted molar refractivity (Wildman–Crippen MR) is 100 cm³/mol. The number of carbonyl (C=O) groups excluding carboxylic acids is 1. The van der Waals surface area contributed by atoms with Crippen molar-refractivity contribution in [2.45, 2.75) is 6.92 Å². The number of carbonyl (C=O) groups is 1. The molecule has 128 valence electrons.